The lowest BCUT2D eigenvalue weighted by Gasteiger charge is -2.03. The van der Waals surface area contributed by atoms with Gasteiger partial charge in [-0.15, -0.1) is 11.3 Å². The molecular formula is C26H14Cl2N2OS. The van der Waals surface area contributed by atoms with Crippen molar-refractivity contribution in [1.82, 2.24) is 4.98 Å². The lowest BCUT2D eigenvalue weighted by Crippen LogP contribution is -1.84. The number of nitriles is 1. The quantitative estimate of drug-likeness (QED) is 0.246. The zero-order valence-corrected chi connectivity index (χ0v) is 18.9. The van der Waals surface area contributed by atoms with E-state index in [1.165, 1.54) is 11.3 Å². The van der Waals surface area contributed by atoms with Crippen LogP contribution in [0.4, 0.5) is 0 Å². The number of fused-ring (bicyclic) bond motifs is 1. The summed E-state index contributed by atoms with van der Waals surface area (Å²) >= 11 is 14.0. The summed E-state index contributed by atoms with van der Waals surface area (Å²) in [6.45, 7) is 0. The zero-order chi connectivity index (χ0) is 22.1. The second-order valence-corrected chi connectivity index (χ2v) is 8.71. The molecular weight excluding hydrogens is 459 g/mol. The third kappa shape index (κ3) is 3.83. The molecule has 0 bridgehead atoms. The van der Waals surface area contributed by atoms with Crippen LogP contribution in [0.2, 0.25) is 10.0 Å². The van der Waals surface area contributed by atoms with E-state index in [-0.39, 0.29) is 0 Å². The van der Waals surface area contributed by atoms with Crippen molar-refractivity contribution >= 4 is 57.0 Å². The topological polar surface area (TPSA) is 49.8 Å². The van der Waals surface area contributed by atoms with Crippen molar-refractivity contribution in [2.75, 3.05) is 0 Å². The second kappa shape index (κ2) is 8.64. The van der Waals surface area contributed by atoms with Gasteiger partial charge in [0.25, 0.3) is 0 Å². The highest BCUT2D eigenvalue weighted by Crippen LogP contribution is 2.36. The minimum atomic E-state index is 0.424. The van der Waals surface area contributed by atoms with Crippen LogP contribution in [0.5, 0.6) is 0 Å². The predicted octanol–water partition coefficient (Wildman–Crippen LogP) is 8.59. The van der Waals surface area contributed by atoms with Crippen LogP contribution in [-0.2, 0) is 0 Å². The van der Waals surface area contributed by atoms with Crippen molar-refractivity contribution in [3.05, 3.63) is 99.0 Å². The summed E-state index contributed by atoms with van der Waals surface area (Å²) in [5.74, 6) is 1.06. The molecule has 5 aromatic rings. The largest absolute Gasteiger partial charge is 0.457 e. The molecule has 0 N–H and O–H groups in total. The van der Waals surface area contributed by atoms with Gasteiger partial charge in [0.05, 0.1) is 26.9 Å². The third-order valence-electron chi connectivity index (χ3n) is 5.04. The highest BCUT2D eigenvalue weighted by Gasteiger charge is 2.14. The lowest BCUT2D eigenvalue weighted by atomic mass is 10.0. The monoisotopic (exact) mass is 472 g/mol. The second-order valence-electron chi connectivity index (χ2n) is 7.03. The van der Waals surface area contributed by atoms with Crippen molar-refractivity contribution in [2.24, 2.45) is 0 Å². The minimum absolute atomic E-state index is 0.424. The summed E-state index contributed by atoms with van der Waals surface area (Å²) in [5.41, 5.74) is 2.93. The Balaban J connectivity index is 1.50. The van der Waals surface area contributed by atoms with Crippen molar-refractivity contribution in [3.8, 4) is 28.7 Å². The van der Waals surface area contributed by atoms with Crippen LogP contribution in [0.1, 0.15) is 10.8 Å². The maximum absolute atomic E-state index is 9.77. The van der Waals surface area contributed by atoms with Crippen LogP contribution in [0.15, 0.2) is 82.6 Å². The van der Waals surface area contributed by atoms with Crippen LogP contribution in [0.3, 0.4) is 0 Å². The van der Waals surface area contributed by atoms with Crippen molar-refractivity contribution < 1.29 is 4.42 Å². The van der Waals surface area contributed by atoms with Crippen LogP contribution < -0.4 is 0 Å². The fraction of sp³-hybridized carbons (Fsp3) is 0. The molecule has 0 aliphatic rings. The molecule has 0 aliphatic carbocycles. The average molecular weight is 473 g/mol. The number of aromatic nitrogens is 1. The van der Waals surface area contributed by atoms with Gasteiger partial charge in [0.2, 0.25) is 0 Å². The number of allylic oxidation sites excluding steroid dienone is 1. The highest BCUT2D eigenvalue weighted by atomic mass is 35.5. The van der Waals surface area contributed by atoms with Crippen molar-refractivity contribution in [2.45, 2.75) is 0 Å². The molecule has 0 spiro atoms. The summed E-state index contributed by atoms with van der Waals surface area (Å²) in [6, 6.07) is 25.4. The molecule has 3 nitrogen and oxygen atoms in total. The fourth-order valence-corrected chi connectivity index (χ4v) is 4.92. The molecule has 32 heavy (non-hydrogen) atoms. The van der Waals surface area contributed by atoms with E-state index < -0.39 is 0 Å². The molecule has 3 aromatic carbocycles. The zero-order valence-electron chi connectivity index (χ0n) is 16.5. The number of benzene rings is 3. The van der Waals surface area contributed by atoms with Crippen LogP contribution in [0, 0.1) is 11.3 Å². The Morgan fingerprint density at radius 2 is 1.69 bits per heavy atom. The van der Waals surface area contributed by atoms with E-state index in [0.717, 1.165) is 22.0 Å². The normalized spacial score (nSPS) is 11.6. The van der Waals surface area contributed by atoms with Gasteiger partial charge in [-0.2, -0.15) is 5.26 Å². The number of halogens is 2. The average Bonchev–Trinajstić information content (AvgIpc) is 3.47. The first-order valence-electron chi connectivity index (χ1n) is 9.74. The Labute approximate surface area is 198 Å². The Bertz CT molecular complexity index is 1500. The summed E-state index contributed by atoms with van der Waals surface area (Å²) in [7, 11) is 0. The van der Waals surface area contributed by atoms with Crippen molar-refractivity contribution in [1.29, 1.82) is 5.26 Å². The van der Waals surface area contributed by atoms with Gasteiger partial charge in [-0.05, 0) is 35.0 Å². The maximum atomic E-state index is 9.77. The molecule has 0 unspecified atom stereocenters. The lowest BCUT2D eigenvalue weighted by molar-refractivity contribution is 0.572. The van der Waals surface area contributed by atoms with E-state index in [1.807, 2.05) is 29.6 Å². The molecule has 2 aromatic heterocycles. The summed E-state index contributed by atoms with van der Waals surface area (Å²) < 4.78 is 5.91. The molecule has 0 aliphatic heterocycles. The summed E-state index contributed by atoms with van der Waals surface area (Å²) in [5, 5.41) is 15.7. The first-order chi connectivity index (χ1) is 15.6. The van der Waals surface area contributed by atoms with Gasteiger partial charge in [-0.1, -0.05) is 71.7 Å². The third-order valence-corrected chi connectivity index (χ3v) is 6.55. The fourth-order valence-electron chi connectivity index (χ4n) is 3.55. The van der Waals surface area contributed by atoms with Gasteiger partial charge in [-0.25, -0.2) is 4.98 Å². The Kier molecular flexibility index (Phi) is 5.55. The highest BCUT2D eigenvalue weighted by molar-refractivity contribution is 7.11. The van der Waals surface area contributed by atoms with Crippen molar-refractivity contribution in [3.63, 3.8) is 0 Å². The standard InChI is InChI=1S/C26H14Cl2N2OS/c27-21-9-4-10-22(28)25(21)24-12-11-18(31-24)13-17(14-29)26-30-23(15-32-26)20-8-3-6-16-5-1-2-7-19(16)20/h1-13,15H/b17-13+. The van der Waals surface area contributed by atoms with Gasteiger partial charge in [-0.3, -0.25) is 0 Å². The summed E-state index contributed by atoms with van der Waals surface area (Å²) in [6.07, 6.45) is 1.68. The maximum Gasteiger partial charge on any atom is 0.137 e. The van der Waals surface area contributed by atoms with E-state index in [2.05, 4.69) is 24.3 Å². The number of nitrogens with zero attached hydrogens (tertiary/aromatic N) is 2. The molecule has 0 radical (unpaired) electrons. The van der Waals surface area contributed by atoms with E-state index in [1.54, 1.807) is 36.4 Å². The number of rotatable bonds is 4. The molecule has 0 amide bonds. The van der Waals surface area contributed by atoms with E-state index in [4.69, 9.17) is 32.6 Å². The van der Waals surface area contributed by atoms with Gasteiger partial charge in [0, 0.05) is 17.0 Å². The van der Waals surface area contributed by atoms with Gasteiger partial charge < -0.3 is 4.42 Å². The van der Waals surface area contributed by atoms with Crippen LogP contribution >= 0.6 is 34.5 Å². The molecule has 2 heterocycles. The summed E-state index contributed by atoms with van der Waals surface area (Å²) in [4.78, 5) is 4.74. The van der Waals surface area contributed by atoms with Crippen LogP contribution in [0.25, 0.3) is 45.0 Å². The van der Waals surface area contributed by atoms with E-state index in [9.17, 15) is 5.26 Å². The first kappa shape index (κ1) is 20.5. The molecule has 0 saturated carbocycles. The Hall–Kier alpha value is -3.36. The Morgan fingerprint density at radius 3 is 2.50 bits per heavy atom. The first-order valence-corrected chi connectivity index (χ1v) is 11.4. The van der Waals surface area contributed by atoms with Gasteiger partial charge in [0.15, 0.2) is 0 Å². The number of hydrogen-bond donors (Lipinski definition) is 0. The SMILES string of the molecule is N#C/C(=C\c1ccc(-c2c(Cl)cccc2Cl)o1)c1nc(-c2cccc3ccccc23)cs1. The molecule has 154 valence electrons. The Morgan fingerprint density at radius 1 is 0.938 bits per heavy atom. The van der Waals surface area contributed by atoms with Gasteiger partial charge >= 0.3 is 0 Å². The van der Waals surface area contributed by atoms with E-state index >= 15 is 0 Å². The smallest absolute Gasteiger partial charge is 0.137 e. The molecule has 5 rings (SSSR count). The molecule has 0 saturated heterocycles. The van der Waals surface area contributed by atoms with Crippen LogP contribution in [-0.4, -0.2) is 4.98 Å². The molecule has 0 fully saturated rings. The molecule has 0 atom stereocenters. The number of furan rings is 1. The van der Waals surface area contributed by atoms with E-state index in [0.29, 0.717) is 37.7 Å². The predicted molar refractivity (Wildman–Crippen MR) is 133 cm³/mol. The number of thiazole rings is 1. The molecule has 6 heteroatoms. The van der Waals surface area contributed by atoms with Gasteiger partial charge in [0.1, 0.15) is 22.6 Å². The minimum Gasteiger partial charge on any atom is -0.457 e. The number of hydrogen-bond acceptors (Lipinski definition) is 4.